The highest BCUT2D eigenvalue weighted by atomic mass is 19.1. The fourth-order valence-corrected chi connectivity index (χ4v) is 3.23. The molecule has 0 radical (unpaired) electrons. The third kappa shape index (κ3) is 3.97. The van der Waals surface area contributed by atoms with Crippen molar-refractivity contribution in [1.82, 2.24) is 14.8 Å². The average molecular weight is 331 g/mol. The van der Waals surface area contributed by atoms with Gasteiger partial charge >= 0.3 is 0 Å². The molecule has 0 aliphatic heterocycles. The third-order valence-electron chi connectivity index (χ3n) is 4.53. The monoisotopic (exact) mass is 331 g/mol. The molecule has 1 aliphatic rings. The number of benzene rings is 1. The first-order chi connectivity index (χ1) is 11.6. The Hall–Kier alpha value is -2.28. The number of nitrogens with zero attached hydrogens (tertiary/aromatic N) is 3. The molecule has 128 valence electrons. The number of anilines is 1. The largest absolute Gasteiger partial charge is 0.325 e. The topological polar surface area (TPSA) is 85.8 Å². The Labute approximate surface area is 140 Å². The lowest BCUT2D eigenvalue weighted by Crippen LogP contribution is -2.37. The van der Waals surface area contributed by atoms with E-state index in [2.05, 4.69) is 15.4 Å². The zero-order chi connectivity index (χ0) is 16.9. The van der Waals surface area contributed by atoms with E-state index in [4.69, 9.17) is 5.73 Å². The number of carbonyl (C=O) groups excluding carboxylic acids is 1. The quantitative estimate of drug-likeness (QED) is 0.882. The first kappa shape index (κ1) is 16.6. The van der Waals surface area contributed by atoms with Crippen molar-refractivity contribution in [1.29, 1.82) is 0 Å². The van der Waals surface area contributed by atoms with Crippen molar-refractivity contribution in [3.8, 4) is 5.69 Å². The molecule has 3 N–H and O–H groups in total. The van der Waals surface area contributed by atoms with E-state index in [1.807, 2.05) is 0 Å². The van der Waals surface area contributed by atoms with Crippen LogP contribution in [0.5, 0.6) is 0 Å². The number of carbonyl (C=O) groups is 1. The molecule has 0 saturated heterocycles. The Bertz CT molecular complexity index is 682. The van der Waals surface area contributed by atoms with Crippen molar-refractivity contribution in [3.05, 3.63) is 36.7 Å². The SMILES string of the molecule is NC(CC1CCCCC1)C(=O)Nc1ccc(-n2cncn2)c(F)c1. The van der Waals surface area contributed by atoms with E-state index >= 15 is 0 Å². The molecule has 24 heavy (non-hydrogen) atoms. The molecule has 1 heterocycles. The number of hydrogen-bond donors (Lipinski definition) is 2. The lowest BCUT2D eigenvalue weighted by atomic mass is 9.85. The number of amides is 1. The van der Waals surface area contributed by atoms with Crippen molar-refractivity contribution < 1.29 is 9.18 Å². The van der Waals surface area contributed by atoms with Gasteiger partial charge < -0.3 is 11.1 Å². The molecule has 0 bridgehead atoms. The predicted molar refractivity (Wildman–Crippen MR) is 89.1 cm³/mol. The molecule has 7 heteroatoms. The summed E-state index contributed by atoms with van der Waals surface area (Å²) in [6.07, 6.45) is 9.42. The Balaban J connectivity index is 1.60. The van der Waals surface area contributed by atoms with Gasteiger partial charge in [0.25, 0.3) is 0 Å². The highest BCUT2D eigenvalue weighted by Gasteiger charge is 2.21. The Morgan fingerprint density at radius 1 is 1.38 bits per heavy atom. The van der Waals surface area contributed by atoms with Crippen LogP contribution in [0.25, 0.3) is 5.69 Å². The minimum absolute atomic E-state index is 0.270. The van der Waals surface area contributed by atoms with Crippen LogP contribution in [-0.2, 0) is 4.79 Å². The first-order valence-corrected chi connectivity index (χ1v) is 8.34. The molecule has 2 aromatic rings. The maximum Gasteiger partial charge on any atom is 0.241 e. The van der Waals surface area contributed by atoms with Crippen molar-refractivity contribution in [3.63, 3.8) is 0 Å². The zero-order valence-corrected chi connectivity index (χ0v) is 13.5. The van der Waals surface area contributed by atoms with Gasteiger partial charge in [0.05, 0.1) is 6.04 Å². The molecular weight excluding hydrogens is 309 g/mol. The van der Waals surface area contributed by atoms with Gasteiger partial charge in [-0.15, -0.1) is 0 Å². The van der Waals surface area contributed by atoms with Crippen LogP contribution in [0.2, 0.25) is 0 Å². The van der Waals surface area contributed by atoms with Crippen LogP contribution >= 0.6 is 0 Å². The summed E-state index contributed by atoms with van der Waals surface area (Å²) >= 11 is 0. The summed E-state index contributed by atoms with van der Waals surface area (Å²) in [5.41, 5.74) is 6.68. The summed E-state index contributed by atoms with van der Waals surface area (Å²) in [5.74, 6) is -0.237. The molecular formula is C17H22FN5O. The van der Waals surface area contributed by atoms with Crippen molar-refractivity contribution in [2.45, 2.75) is 44.6 Å². The van der Waals surface area contributed by atoms with Crippen LogP contribution in [0.4, 0.5) is 10.1 Å². The molecule has 1 atom stereocenters. The maximum absolute atomic E-state index is 14.2. The molecule has 1 unspecified atom stereocenters. The summed E-state index contributed by atoms with van der Waals surface area (Å²) in [4.78, 5) is 16.0. The van der Waals surface area contributed by atoms with Gasteiger partial charge in [-0.2, -0.15) is 5.10 Å². The maximum atomic E-state index is 14.2. The fourth-order valence-electron chi connectivity index (χ4n) is 3.23. The van der Waals surface area contributed by atoms with E-state index in [0.717, 1.165) is 12.8 Å². The number of aromatic nitrogens is 3. The van der Waals surface area contributed by atoms with Crippen LogP contribution < -0.4 is 11.1 Å². The molecule has 1 aromatic carbocycles. The van der Waals surface area contributed by atoms with Crippen molar-refractivity contribution in [2.75, 3.05) is 5.32 Å². The Morgan fingerprint density at radius 3 is 2.83 bits per heavy atom. The normalized spacial score (nSPS) is 16.8. The van der Waals surface area contributed by atoms with Crippen LogP contribution in [0, 0.1) is 11.7 Å². The van der Waals surface area contributed by atoms with Gasteiger partial charge in [-0.1, -0.05) is 32.1 Å². The van der Waals surface area contributed by atoms with Crippen molar-refractivity contribution >= 4 is 11.6 Å². The average Bonchev–Trinajstić information content (AvgIpc) is 3.10. The molecule has 1 aliphatic carbocycles. The zero-order valence-electron chi connectivity index (χ0n) is 13.5. The van der Waals surface area contributed by atoms with Crippen LogP contribution in [0.3, 0.4) is 0 Å². The molecule has 1 amide bonds. The summed E-state index contributed by atoms with van der Waals surface area (Å²) in [5, 5.41) is 6.58. The minimum atomic E-state index is -0.564. The number of hydrogen-bond acceptors (Lipinski definition) is 4. The fraction of sp³-hybridized carbons (Fsp3) is 0.471. The van der Waals surface area contributed by atoms with E-state index in [0.29, 0.717) is 18.0 Å². The third-order valence-corrected chi connectivity index (χ3v) is 4.53. The van der Waals surface area contributed by atoms with Gasteiger partial charge in [-0.3, -0.25) is 4.79 Å². The van der Waals surface area contributed by atoms with Gasteiger partial charge in [0.2, 0.25) is 5.91 Å². The van der Waals surface area contributed by atoms with Crippen LogP contribution in [0.1, 0.15) is 38.5 Å². The van der Waals surface area contributed by atoms with Crippen molar-refractivity contribution in [2.24, 2.45) is 11.7 Å². The van der Waals surface area contributed by atoms with E-state index in [9.17, 15) is 9.18 Å². The molecule has 1 fully saturated rings. The predicted octanol–water partition coefficient (Wildman–Crippen LogP) is 2.64. The highest BCUT2D eigenvalue weighted by molar-refractivity contribution is 5.94. The number of nitrogens with two attached hydrogens (primary N) is 1. The second-order valence-electron chi connectivity index (χ2n) is 6.34. The summed E-state index contributed by atoms with van der Waals surface area (Å²) in [7, 11) is 0. The van der Waals surface area contributed by atoms with Gasteiger partial charge in [-0.25, -0.2) is 14.1 Å². The van der Waals surface area contributed by atoms with Crippen LogP contribution in [-0.4, -0.2) is 26.7 Å². The second kappa shape index (κ2) is 7.53. The standard InChI is InChI=1S/C17H22FN5O/c18-14-9-13(6-7-16(14)23-11-20-10-21-23)22-17(24)15(19)8-12-4-2-1-3-5-12/h6-7,9-12,15H,1-5,8,19H2,(H,22,24). The van der Waals surface area contributed by atoms with E-state index in [1.54, 1.807) is 12.1 Å². The summed E-state index contributed by atoms with van der Waals surface area (Å²) in [6.45, 7) is 0. The van der Waals surface area contributed by atoms with E-state index in [1.165, 1.54) is 42.7 Å². The second-order valence-corrected chi connectivity index (χ2v) is 6.34. The number of rotatable bonds is 5. The lowest BCUT2D eigenvalue weighted by Gasteiger charge is -2.24. The summed E-state index contributed by atoms with van der Waals surface area (Å²) < 4.78 is 15.5. The Morgan fingerprint density at radius 2 is 2.17 bits per heavy atom. The molecule has 0 spiro atoms. The van der Waals surface area contributed by atoms with Gasteiger partial charge in [0, 0.05) is 5.69 Å². The molecule has 3 rings (SSSR count). The van der Waals surface area contributed by atoms with Gasteiger partial charge in [-0.05, 0) is 30.5 Å². The number of nitrogens with one attached hydrogen (secondary N) is 1. The molecule has 1 saturated carbocycles. The first-order valence-electron chi connectivity index (χ1n) is 8.34. The highest BCUT2D eigenvalue weighted by Crippen LogP contribution is 2.27. The minimum Gasteiger partial charge on any atom is -0.325 e. The van der Waals surface area contributed by atoms with E-state index in [-0.39, 0.29) is 11.6 Å². The Kier molecular flexibility index (Phi) is 5.20. The van der Waals surface area contributed by atoms with Crippen LogP contribution in [0.15, 0.2) is 30.9 Å². The van der Waals surface area contributed by atoms with E-state index < -0.39 is 11.9 Å². The van der Waals surface area contributed by atoms with Gasteiger partial charge in [0.15, 0.2) is 5.82 Å². The molecule has 6 nitrogen and oxygen atoms in total. The van der Waals surface area contributed by atoms with Gasteiger partial charge in [0.1, 0.15) is 18.3 Å². The molecule has 1 aromatic heterocycles. The summed E-state index contributed by atoms with van der Waals surface area (Å²) in [6, 6.07) is 3.88. The number of halogens is 1. The lowest BCUT2D eigenvalue weighted by molar-refractivity contribution is -0.117. The smallest absolute Gasteiger partial charge is 0.241 e.